The number of aromatic nitrogens is 1. The van der Waals surface area contributed by atoms with Crippen LogP contribution in [0.1, 0.15) is 0 Å². The molecule has 0 unspecified atom stereocenters. The molecule has 7 heteroatoms. The number of benzene rings is 2. The summed E-state index contributed by atoms with van der Waals surface area (Å²) in [5.74, 6) is 0.400. The highest BCUT2D eigenvalue weighted by Crippen LogP contribution is 2.38. The zero-order valence-electron chi connectivity index (χ0n) is 12.0. The molecule has 6 nitrogen and oxygen atoms in total. The largest absolute Gasteiger partial charge is 0.493 e. The zero-order chi connectivity index (χ0) is 16.4. The summed E-state index contributed by atoms with van der Waals surface area (Å²) < 4.78 is 24.3. The lowest BCUT2D eigenvalue weighted by Crippen LogP contribution is -1.94. The zero-order valence-corrected chi connectivity index (χ0v) is 12.0. The summed E-state index contributed by atoms with van der Waals surface area (Å²) in [5, 5.41) is 11.9. The van der Waals surface area contributed by atoms with E-state index in [1.807, 2.05) is 0 Å². The number of fused-ring (bicyclic) bond motifs is 1. The molecule has 2 aromatic carbocycles. The minimum Gasteiger partial charge on any atom is -0.493 e. The maximum atomic E-state index is 13.4. The number of non-ortho nitro benzene ring substituents is 1. The van der Waals surface area contributed by atoms with Crippen molar-refractivity contribution in [2.24, 2.45) is 0 Å². The number of pyridine rings is 1. The highest BCUT2D eigenvalue weighted by Gasteiger charge is 2.16. The SMILES string of the molecule is COc1ccc(F)cc1Oc1ccc([N+](=O)[O-])c2cnccc12. The number of nitro benzene ring substituents is 1. The van der Waals surface area contributed by atoms with E-state index in [1.54, 1.807) is 6.07 Å². The summed E-state index contributed by atoms with van der Waals surface area (Å²) in [6.07, 6.45) is 2.89. The third-order valence-corrected chi connectivity index (χ3v) is 3.30. The van der Waals surface area contributed by atoms with E-state index in [4.69, 9.17) is 9.47 Å². The Kier molecular flexibility index (Phi) is 3.76. The van der Waals surface area contributed by atoms with Crippen LogP contribution < -0.4 is 9.47 Å². The molecule has 3 aromatic rings. The van der Waals surface area contributed by atoms with E-state index in [-0.39, 0.29) is 11.4 Å². The van der Waals surface area contributed by atoms with Gasteiger partial charge in [-0.25, -0.2) is 4.39 Å². The summed E-state index contributed by atoms with van der Waals surface area (Å²) in [6, 6.07) is 8.27. The van der Waals surface area contributed by atoms with Gasteiger partial charge < -0.3 is 9.47 Å². The number of hydrogen-bond acceptors (Lipinski definition) is 5. The second kappa shape index (κ2) is 5.88. The Balaban J connectivity index is 2.13. The summed E-state index contributed by atoms with van der Waals surface area (Å²) in [6.45, 7) is 0. The summed E-state index contributed by atoms with van der Waals surface area (Å²) in [7, 11) is 1.44. The Bertz CT molecular complexity index is 898. The molecule has 3 rings (SSSR count). The number of ether oxygens (including phenoxy) is 2. The van der Waals surface area contributed by atoms with E-state index in [9.17, 15) is 14.5 Å². The van der Waals surface area contributed by atoms with Crippen LogP contribution in [0.2, 0.25) is 0 Å². The van der Waals surface area contributed by atoms with Crippen LogP contribution >= 0.6 is 0 Å². The van der Waals surface area contributed by atoms with Gasteiger partial charge in [0, 0.05) is 29.9 Å². The lowest BCUT2D eigenvalue weighted by molar-refractivity contribution is -0.383. The molecule has 0 saturated carbocycles. The normalized spacial score (nSPS) is 10.5. The van der Waals surface area contributed by atoms with Gasteiger partial charge in [0.2, 0.25) is 0 Å². The van der Waals surface area contributed by atoms with Crippen LogP contribution in [0.15, 0.2) is 48.8 Å². The number of nitrogens with zero attached hydrogens (tertiary/aromatic N) is 2. The van der Waals surface area contributed by atoms with Gasteiger partial charge in [-0.3, -0.25) is 15.1 Å². The van der Waals surface area contributed by atoms with Gasteiger partial charge in [0.1, 0.15) is 11.6 Å². The minimum absolute atomic E-state index is 0.0772. The van der Waals surface area contributed by atoms with Crippen LogP contribution in [0.5, 0.6) is 17.2 Å². The fraction of sp³-hybridized carbons (Fsp3) is 0.0625. The average molecular weight is 314 g/mol. The Morgan fingerprint density at radius 3 is 2.61 bits per heavy atom. The molecule has 0 fully saturated rings. The van der Waals surface area contributed by atoms with Crippen molar-refractivity contribution in [3.05, 3.63) is 64.7 Å². The van der Waals surface area contributed by atoms with Gasteiger partial charge in [-0.05, 0) is 24.3 Å². The van der Waals surface area contributed by atoms with Crippen LogP contribution in [0.3, 0.4) is 0 Å². The highest BCUT2D eigenvalue weighted by atomic mass is 19.1. The topological polar surface area (TPSA) is 74.5 Å². The predicted molar refractivity (Wildman–Crippen MR) is 81.4 cm³/mol. The molecule has 0 aliphatic carbocycles. The van der Waals surface area contributed by atoms with Crippen LogP contribution in [-0.2, 0) is 0 Å². The average Bonchev–Trinajstić information content (AvgIpc) is 2.55. The van der Waals surface area contributed by atoms with Crippen molar-refractivity contribution in [3.63, 3.8) is 0 Å². The Hall–Kier alpha value is -3.22. The van der Waals surface area contributed by atoms with Crippen molar-refractivity contribution >= 4 is 16.5 Å². The standard InChI is InChI=1S/C16H11FN2O4/c1-22-15-4-2-10(17)8-16(15)23-14-5-3-13(19(20)21)12-9-18-7-6-11(12)14/h2-9H,1H3. The van der Waals surface area contributed by atoms with Gasteiger partial charge in [-0.2, -0.15) is 0 Å². The Labute approximate surface area is 130 Å². The molecule has 116 valence electrons. The van der Waals surface area contributed by atoms with E-state index >= 15 is 0 Å². The summed E-state index contributed by atoms with van der Waals surface area (Å²) in [5.41, 5.74) is -0.0772. The van der Waals surface area contributed by atoms with Crippen molar-refractivity contribution in [1.82, 2.24) is 4.98 Å². The first-order valence-corrected chi connectivity index (χ1v) is 6.62. The second-order valence-electron chi connectivity index (χ2n) is 4.66. The summed E-state index contributed by atoms with van der Waals surface area (Å²) >= 11 is 0. The fourth-order valence-electron chi connectivity index (χ4n) is 2.24. The van der Waals surface area contributed by atoms with E-state index in [0.717, 1.165) is 0 Å². The first kappa shape index (κ1) is 14.7. The molecule has 0 aliphatic heterocycles. The molecule has 0 amide bonds. The molecule has 23 heavy (non-hydrogen) atoms. The lowest BCUT2D eigenvalue weighted by Gasteiger charge is -2.12. The molecule has 0 spiro atoms. The number of hydrogen-bond donors (Lipinski definition) is 0. The first-order valence-electron chi connectivity index (χ1n) is 6.62. The molecule has 0 radical (unpaired) electrons. The molecular weight excluding hydrogens is 303 g/mol. The van der Waals surface area contributed by atoms with Crippen LogP contribution in [-0.4, -0.2) is 17.0 Å². The summed E-state index contributed by atoms with van der Waals surface area (Å²) in [4.78, 5) is 14.5. The Morgan fingerprint density at radius 1 is 1.09 bits per heavy atom. The predicted octanol–water partition coefficient (Wildman–Crippen LogP) is 4.08. The molecule has 1 aromatic heterocycles. The van der Waals surface area contributed by atoms with Gasteiger partial charge in [0.25, 0.3) is 5.69 Å². The van der Waals surface area contributed by atoms with Crippen molar-refractivity contribution in [2.45, 2.75) is 0 Å². The molecule has 0 aliphatic rings. The van der Waals surface area contributed by atoms with Gasteiger partial charge in [0.15, 0.2) is 11.5 Å². The van der Waals surface area contributed by atoms with Crippen LogP contribution in [0.4, 0.5) is 10.1 Å². The van der Waals surface area contributed by atoms with Crippen molar-refractivity contribution in [3.8, 4) is 17.2 Å². The monoisotopic (exact) mass is 314 g/mol. The van der Waals surface area contributed by atoms with Crippen LogP contribution in [0.25, 0.3) is 10.8 Å². The lowest BCUT2D eigenvalue weighted by atomic mass is 10.1. The number of methoxy groups -OCH3 is 1. The molecule has 1 heterocycles. The van der Waals surface area contributed by atoms with Crippen molar-refractivity contribution in [2.75, 3.05) is 7.11 Å². The third kappa shape index (κ3) is 2.76. The van der Waals surface area contributed by atoms with Gasteiger partial charge in [-0.15, -0.1) is 0 Å². The van der Waals surface area contributed by atoms with Gasteiger partial charge in [0.05, 0.1) is 17.4 Å². The smallest absolute Gasteiger partial charge is 0.279 e. The first-order chi connectivity index (χ1) is 11.1. The van der Waals surface area contributed by atoms with E-state index in [1.165, 1.54) is 49.8 Å². The van der Waals surface area contributed by atoms with Crippen molar-refractivity contribution < 1.29 is 18.8 Å². The molecule has 0 N–H and O–H groups in total. The maximum Gasteiger partial charge on any atom is 0.279 e. The van der Waals surface area contributed by atoms with E-state index in [0.29, 0.717) is 22.3 Å². The van der Waals surface area contributed by atoms with E-state index < -0.39 is 10.7 Å². The van der Waals surface area contributed by atoms with Crippen molar-refractivity contribution in [1.29, 1.82) is 0 Å². The maximum absolute atomic E-state index is 13.4. The highest BCUT2D eigenvalue weighted by molar-refractivity contribution is 5.94. The Morgan fingerprint density at radius 2 is 1.87 bits per heavy atom. The number of rotatable bonds is 4. The second-order valence-corrected chi connectivity index (χ2v) is 4.66. The number of halogens is 1. The van der Waals surface area contributed by atoms with E-state index in [2.05, 4.69) is 4.98 Å². The fourth-order valence-corrected chi connectivity index (χ4v) is 2.24. The van der Waals surface area contributed by atoms with Gasteiger partial charge >= 0.3 is 0 Å². The molecule has 0 saturated heterocycles. The van der Waals surface area contributed by atoms with Crippen LogP contribution in [0, 0.1) is 15.9 Å². The molecule has 0 bridgehead atoms. The van der Waals surface area contributed by atoms with Gasteiger partial charge in [-0.1, -0.05) is 0 Å². The number of nitro groups is 1. The molecular formula is C16H11FN2O4. The minimum atomic E-state index is -0.490. The molecule has 0 atom stereocenters. The third-order valence-electron chi connectivity index (χ3n) is 3.30. The quantitative estimate of drug-likeness (QED) is 0.536.